The van der Waals surface area contributed by atoms with Crippen LogP contribution >= 0.6 is 15.9 Å². The number of nitrogens with one attached hydrogen (secondary N) is 1. The van der Waals surface area contributed by atoms with Gasteiger partial charge >= 0.3 is 0 Å². The van der Waals surface area contributed by atoms with E-state index >= 15 is 13.2 Å². The Morgan fingerprint density at radius 2 is 1.67 bits per heavy atom. The van der Waals surface area contributed by atoms with Gasteiger partial charge in [0.2, 0.25) is 5.82 Å². The van der Waals surface area contributed by atoms with Gasteiger partial charge in [-0.3, -0.25) is 9.69 Å². The first kappa shape index (κ1) is 30.7. The van der Waals surface area contributed by atoms with Crippen LogP contribution in [0.1, 0.15) is 42.2 Å². The van der Waals surface area contributed by atoms with Crippen molar-refractivity contribution in [3.63, 3.8) is 0 Å². The highest BCUT2D eigenvalue weighted by atomic mass is 79.9. The summed E-state index contributed by atoms with van der Waals surface area (Å²) >= 11 is 3.30. The molecule has 1 amide bonds. The number of benzene rings is 4. The minimum absolute atomic E-state index is 0.0418. The van der Waals surface area contributed by atoms with E-state index < -0.39 is 61.5 Å². The quantitative estimate of drug-likeness (QED) is 0.209. The van der Waals surface area contributed by atoms with Gasteiger partial charge in [-0.05, 0) is 76.3 Å². The van der Waals surface area contributed by atoms with Crippen LogP contribution < -0.4 is 15.0 Å². The molecule has 7 nitrogen and oxygen atoms in total. The van der Waals surface area contributed by atoms with Crippen LogP contribution in [-0.4, -0.2) is 25.2 Å². The van der Waals surface area contributed by atoms with Gasteiger partial charge < -0.3 is 15.2 Å². The van der Waals surface area contributed by atoms with E-state index in [0.29, 0.717) is 4.47 Å². The van der Waals surface area contributed by atoms with Crippen molar-refractivity contribution in [3.05, 3.63) is 123 Å². The van der Waals surface area contributed by atoms with Crippen molar-refractivity contribution in [3.8, 4) is 17.2 Å². The van der Waals surface area contributed by atoms with Gasteiger partial charge in [0.15, 0.2) is 21.4 Å². The van der Waals surface area contributed by atoms with Crippen molar-refractivity contribution in [2.75, 3.05) is 16.0 Å². The SMILES string of the molecule is CC1(C)CC2=C(C(c3ccc(Oc4ccccc4Br)c(F)c3F)N(C(=O)c3ccccc3F)c3cccc(O)c3N2)S(=O)(=O)C1. The largest absolute Gasteiger partial charge is 0.506 e. The zero-order valence-corrected chi connectivity index (χ0v) is 26.3. The third-order valence-electron chi connectivity index (χ3n) is 7.68. The highest BCUT2D eigenvalue weighted by Gasteiger charge is 2.48. The summed E-state index contributed by atoms with van der Waals surface area (Å²) in [4.78, 5) is 14.8. The molecule has 2 heterocycles. The fourth-order valence-corrected chi connectivity index (χ4v) is 8.58. The molecule has 232 valence electrons. The van der Waals surface area contributed by atoms with Crippen LogP contribution in [0.25, 0.3) is 0 Å². The Morgan fingerprint density at radius 1 is 0.956 bits per heavy atom. The van der Waals surface area contributed by atoms with Crippen LogP contribution in [0.2, 0.25) is 0 Å². The number of fused-ring (bicyclic) bond motifs is 1. The number of ether oxygens (including phenoxy) is 1. The summed E-state index contributed by atoms with van der Waals surface area (Å²) in [6.07, 6.45) is 0.126. The Hall–Kier alpha value is -4.29. The van der Waals surface area contributed by atoms with E-state index in [-0.39, 0.29) is 45.6 Å². The average molecular weight is 700 g/mol. The number of hydrogen-bond acceptors (Lipinski definition) is 6. The summed E-state index contributed by atoms with van der Waals surface area (Å²) in [5.41, 5.74) is -1.76. The molecule has 2 N–H and O–H groups in total. The molecular formula is C33H26BrF3N2O5S. The van der Waals surface area contributed by atoms with Gasteiger partial charge in [-0.15, -0.1) is 0 Å². The standard InChI is InChI=1S/C33H26BrF3N2O5S/c1-33(2)16-22-31(45(42,43)17-33)30(19-14-15-26(28(37)27(19)36)44-25-13-6-4-9-20(25)34)39(23-11-7-12-24(40)29(23)38-22)32(41)18-8-3-5-10-21(18)35/h3-15,30,38,40H,16-17H2,1-2H3. The van der Waals surface area contributed by atoms with Crippen LogP contribution in [-0.2, 0) is 9.84 Å². The van der Waals surface area contributed by atoms with Gasteiger partial charge in [0, 0.05) is 11.3 Å². The minimum atomic E-state index is -4.27. The Balaban J connectivity index is 1.64. The molecule has 4 aromatic carbocycles. The number of phenols is 1. The molecule has 0 spiro atoms. The van der Waals surface area contributed by atoms with Crippen LogP contribution in [0.4, 0.5) is 24.5 Å². The lowest BCUT2D eigenvalue weighted by atomic mass is 9.88. The number of amides is 1. The highest BCUT2D eigenvalue weighted by Crippen LogP contribution is 2.52. The average Bonchev–Trinajstić information content (AvgIpc) is 3.11. The fraction of sp³-hybridized carbons (Fsp3) is 0.182. The molecular weight excluding hydrogens is 673 g/mol. The number of anilines is 2. The van der Waals surface area contributed by atoms with Crippen LogP contribution in [0.15, 0.2) is 93.9 Å². The van der Waals surface area contributed by atoms with Gasteiger partial charge in [0.05, 0.1) is 26.4 Å². The van der Waals surface area contributed by atoms with Crippen molar-refractivity contribution in [1.82, 2.24) is 0 Å². The normalized spacial score (nSPS) is 18.4. The van der Waals surface area contributed by atoms with E-state index in [1.807, 2.05) is 0 Å². The second-order valence-electron chi connectivity index (χ2n) is 11.6. The van der Waals surface area contributed by atoms with E-state index in [2.05, 4.69) is 21.2 Å². The Morgan fingerprint density at radius 3 is 2.40 bits per heavy atom. The number of halogens is 4. The summed E-state index contributed by atoms with van der Waals surface area (Å²) in [5, 5.41) is 13.9. The summed E-state index contributed by atoms with van der Waals surface area (Å²) in [5.74, 6) is -5.83. The van der Waals surface area contributed by atoms with Crippen LogP contribution in [0.3, 0.4) is 0 Å². The highest BCUT2D eigenvalue weighted by molar-refractivity contribution is 9.10. The molecule has 1 atom stereocenters. The molecule has 0 fully saturated rings. The number of aromatic hydroxyl groups is 1. The number of sulfone groups is 1. The Labute approximate surface area is 266 Å². The van der Waals surface area contributed by atoms with Gasteiger partial charge in [0.25, 0.3) is 5.91 Å². The molecule has 0 bridgehead atoms. The lowest BCUT2D eigenvalue weighted by Gasteiger charge is -2.37. The Kier molecular flexibility index (Phi) is 7.68. The Bertz CT molecular complexity index is 2020. The second kappa shape index (κ2) is 11.3. The number of nitrogens with zero attached hydrogens (tertiary/aromatic N) is 1. The van der Waals surface area contributed by atoms with Gasteiger partial charge in [-0.25, -0.2) is 17.2 Å². The van der Waals surface area contributed by atoms with E-state index in [9.17, 15) is 18.3 Å². The smallest absolute Gasteiger partial charge is 0.262 e. The van der Waals surface area contributed by atoms with E-state index in [4.69, 9.17) is 4.74 Å². The maximum absolute atomic E-state index is 16.4. The van der Waals surface area contributed by atoms with Gasteiger partial charge in [-0.2, -0.15) is 4.39 Å². The molecule has 2 aliphatic rings. The number of carbonyl (C=O) groups is 1. The number of allylic oxidation sites excluding steroid dienone is 1. The first-order valence-corrected chi connectivity index (χ1v) is 16.3. The van der Waals surface area contributed by atoms with Gasteiger partial charge in [0.1, 0.15) is 29.0 Å². The predicted molar refractivity (Wildman–Crippen MR) is 167 cm³/mol. The monoisotopic (exact) mass is 698 g/mol. The maximum atomic E-state index is 16.4. The summed E-state index contributed by atoms with van der Waals surface area (Å²) in [7, 11) is -4.27. The zero-order valence-electron chi connectivity index (χ0n) is 23.9. The molecule has 4 aromatic rings. The summed E-state index contributed by atoms with van der Waals surface area (Å²) in [6, 6.07) is 16.2. The van der Waals surface area contributed by atoms with Gasteiger partial charge in [-0.1, -0.05) is 44.2 Å². The van der Waals surface area contributed by atoms with Crippen LogP contribution in [0.5, 0.6) is 17.2 Å². The molecule has 6 rings (SSSR count). The van der Waals surface area contributed by atoms with Crippen molar-refractivity contribution >= 4 is 43.0 Å². The molecule has 0 saturated heterocycles. The zero-order chi connectivity index (χ0) is 32.3. The topological polar surface area (TPSA) is 95.9 Å². The molecule has 45 heavy (non-hydrogen) atoms. The van der Waals surface area contributed by atoms with Crippen molar-refractivity contribution < 1.29 is 36.2 Å². The van der Waals surface area contributed by atoms with E-state index in [0.717, 1.165) is 23.1 Å². The number of carbonyl (C=O) groups excluding carboxylic acids is 1. The molecule has 0 saturated carbocycles. The van der Waals surface area contributed by atoms with Crippen molar-refractivity contribution in [2.45, 2.75) is 26.3 Å². The van der Waals surface area contributed by atoms with E-state index in [1.54, 1.807) is 32.0 Å². The molecule has 0 aliphatic carbocycles. The number of hydrogen-bond donors (Lipinski definition) is 2. The molecule has 2 aliphatic heterocycles. The van der Waals surface area contributed by atoms with Crippen LogP contribution in [0, 0.1) is 22.9 Å². The first-order valence-electron chi connectivity index (χ1n) is 13.8. The maximum Gasteiger partial charge on any atom is 0.262 e. The van der Waals surface area contributed by atoms with Crippen molar-refractivity contribution in [2.24, 2.45) is 5.41 Å². The summed E-state index contributed by atoms with van der Waals surface area (Å²) in [6.45, 7) is 3.47. The fourth-order valence-electron chi connectivity index (χ4n) is 5.86. The van der Waals surface area contributed by atoms with E-state index in [1.165, 1.54) is 42.5 Å². The number of rotatable bonds is 4. The molecule has 0 radical (unpaired) electrons. The molecule has 1 unspecified atom stereocenters. The second-order valence-corrected chi connectivity index (χ2v) is 14.4. The number of phenolic OH excluding ortho intramolecular Hbond substituents is 1. The number of para-hydroxylation sites is 2. The third-order valence-corrected chi connectivity index (χ3v) is 10.6. The van der Waals surface area contributed by atoms with Crippen molar-refractivity contribution in [1.29, 1.82) is 0 Å². The lowest BCUT2D eigenvalue weighted by Crippen LogP contribution is -2.41. The minimum Gasteiger partial charge on any atom is -0.506 e. The molecule has 12 heteroatoms. The summed E-state index contributed by atoms with van der Waals surface area (Å²) < 4.78 is 81.6. The first-order chi connectivity index (χ1) is 21.3. The predicted octanol–water partition coefficient (Wildman–Crippen LogP) is 8.23. The molecule has 0 aromatic heterocycles. The third kappa shape index (κ3) is 5.46. The lowest BCUT2D eigenvalue weighted by molar-refractivity contribution is 0.0976.